The van der Waals surface area contributed by atoms with E-state index in [1.807, 2.05) is 30.3 Å². The highest BCUT2D eigenvalue weighted by molar-refractivity contribution is 7.99. The Balaban J connectivity index is 1.67. The fourth-order valence-corrected chi connectivity index (χ4v) is 5.30. The van der Waals surface area contributed by atoms with Crippen LogP contribution in [0.1, 0.15) is 31.2 Å². The lowest BCUT2D eigenvalue weighted by Crippen LogP contribution is -2.57. The lowest BCUT2D eigenvalue weighted by molar-refractivity contribution is -0.154. The minimum Gasteiger partial charge on any atom is -0.480 e. The third-order valence-electron chi connectivity index (χ3n) is 5.02. The first kappa shape index (κ1) is 20.1. The zero-order valence-corrected chi connectivity index (χ0v) is 16.6. The molecule has 0 saturated carbocycles. The minimum atomic E-state index is -0.975. The van der Waals surface area contributed by atoms with Gasteiger partial charge in [0.25, 0.3) is 0 Å². The molecule has 0 bridgehead atoms. The van der Waals surface area contributed by atoms with Crippen LogP contribution in [-0.4, -0.2) is 56.3 Å². The number of carboxylic acids is 1. The van der Waals surface area contributed by atoms with Crippen LogP contribution in [0.4, 0.5) is 0 Å². The fourth-order valence-electron chi connectivity index (χ4n) is 3.62. The van der Waals surface area contributed by atoms with Gasteiger partial charge in [0.1, 0.15) is 12.1 Å². The van der Waals surface area contributed by atoms with Gasteiger partial charge in [-0.2, -0.15) is 12.6 Å². The van der Waals surface area contributed by atoms with E-state index in [4.69, 9.17) is 0 Å². The van der Waals surface area contributed by atoms with E-state index >= 15 is 0 Å². The van der Waals surface area contributed by atoms with Crippen LogP contribution < -0.4 is 5.32 Å². The molecule has 0 radical (unpaired) electrons. The molecule has 3 rings (SSSR count). The molecule has 2 saturated heterocycles. The van der Waals surface area contributed by atoms with Crippen molar-refractivity contribution in [2.45, 2.75) is 54.8 Å². The van der Waals surface area contributed by atoms with Gasteiger partial charge in [-0.15, -0.1) is 11.8 Å². The molecule has 27 heavy (non-hydrogen) atoms. The summed E-state index contributed by atoms with van der Waals surface area (Å²) in [5.74, 6) is -0.851. The number of thioether (sulfide) groups is 1. The minimum absolute atomic E-state index is 0.120. The summed E-state index contributed by atoms with van der Waals surface area (Å²) in [6, 6.07) is 8.08. The molecule has 146 valence electrons. The largest absolute Gasteiger partial charge is 0.480 e. The van der Waals surface area contributed by atoms with E-state index in [9.17, 15) is 19.5 Å². The van der Waals surface area contributed by atoms with Gasteiger partial charge in [0, 0.05) is 0 Å². The van der Waals surface area contributed by atoms with Crippen LogP contribution in [0.25, 0.3) is 0 Å². The number of carboxylic acid groups (broad SMARTS) is 1. The highest BCUT2D eigenvalue weighted by atomic mass is 32.2. The van der Waals surface area contributed by atoms with E-state index in [2.05, 4.69) is 17.9 Å². The van der Waals surface area contributed by atoms with E-state index in [0.29, 0.717) is 25.0 Å². The van der Waals surface area contributed by atoms with Gasteiger partial charge in [-0.05, 0) is 43.4 Å². The Labute approximate surface area is 168 Å². The SMILES string of the molecule is O=C(N[C@H]1CCS[C@H]2CCC[C@@H](C(=O)O)N2C1=O)[C@H](S)Cc1ccccc1. The summed E-state index contributed by atoms with van der Waals surface area (Å²) in [6.07, 6.45) is 3.02. The molecule has 1 aromatic carbocycles. The van der Waals surface area contributed by atoms with Crippen LogP contribution >= 0.6 is 24.4 Å². The fraction of sp³-hybridized carbons (Fsp3) is 0.526. The molecule has 6 nitrogen and oxygen atoms in total. The van der Waals surface area contributed by atoms with Crippen LogP contribution in [0.3, 0.4) is 0 Å². The Kier molecular flexibility index (Phi) is 6.70. The number of aliphatic carboxylic acids is 1. The first-order valence-electron chi connectivity index (χ1n) is 9.16. The summed E-state index contributed by atoms with van der Waals surface area (Å²) >= 11 is 6.01. The highest BCUT2D eigenvalue weighted by Gasteiger charge is 2.43. The second kappa shape index (κ2) is 9.01. The number of carbonyl (C=O) groups is 3. The summed E-state index contributed by atoms with van der Waals surface area (Å²) < 4.78 is 0. The van der Waals surface area contributed by atoms with Gasteiger partial charge < -0.3 is 15.3 Å². The number of piperidine rings is 1. The zero-order chi connectivity index (χ0) is 19.4. The average molecular weight is 409 g/mol. The van der Waals surface area contributed by atoms with Crippen molar-refractivity contribution in [3.05, 3.63) is 35.9 Å². The second-order valence-corrected chi connectivity index (χ2v) is 8.82. The molecule has 1 aromatic rings. The third-order valence-corrected chi connectivity index (χ3v) is 6.76. The molecule has 0 aliphatic carbocycles. The van der Waals surface area contributed by atoms with Crippen molar-refractivity contribution in [2.24, 2.45) is 0 Å². The van der Waals surface area contributed by atoms with Gasteiger partial charge in [-0.3, -0.25) is 9.59 Å². The standard InChI is InChI=1S/C19H24N2O4S2/c22-17(15(26)11-12-5-2-1-3-6-12)20-13-9-10-27-16-8-4-7-14(19(24)25)21(16)18(13)23/h1-3,5-6,13-16,26H,4,7-11H2,(H,20,22)(H,24,25)/t13-,14-,15+,16-/m0/s1. The van der Waals surface area contributed by atoms with E-state index in [-0.39, 0.29) is 17.2 Å². The van der Waals surface area contributed by atoms with Gasteiger partial charge in [-0.25, -0.2) is 4.79 Å². The third kappa shape index (κ3) is 4.79. The molecule has 4 atom stereocenters. The van der Waals surface area contributed by atoms with E-state index in [1.165, 1.54) is 4.90 Å². The van der Waals surface area contributed by atoms with E-state index < -0.39 is 23.3 Å². The predicted octanol–water partition coefficient (Wildman–Crippen LogP) is 1.94. The number of nitrogens with one attached hydrogen (secondary N) is 1. The highest BCUT2D eigenvalue weighted by Crippen LogP contribution is 2.34. The Morgan fingerprint density at radius 2 is 2.00 bits per heavy atom. The number of carbonyl (C=O) groups excluding carboxylic acids is 2. The maximum atomic E-state index is 13.0. The predicted molar refractivity (Wildman–Crippen MR) is 108 cm³/mol. The van der Waals surface area contributed by atoms with Gasteiger partial charge >= 0.3 is 5.97 Å². The van der Waals surface area contributed by atoms with Crippen LogP contribution in [0.5, 0.6) is 0 Å². The van der Waals surface area contributed by atoms with Crippen LogP contribution in [0.2, 0.25) is 0 Å². The zero-order valence-electron chi connectivity index (χ0n) is 14.9. The van der Waals surface area contributed by atoms with Gasteiger partial charge in [0.05, 0.1) is 10.6 Å². The van der Waals surface area contributed by atoms with Gasteiger partial charge in [-0.1, -0.05) is 30.3 Å². The number of thiol groups is 1. The van der Waals surface area contributed by atoms with E-state index in [0.717, 1.165) is 18.4 Å². The van der Waals surface area contributed by atoms with Crippen molar-refractivity contribution >= 4 is 42.2 Å². The van der Waals surface area contributed by atoms with Crippen molar-refractivity contribution in [3.8, 4) is 0 Å². The second-order valence-electron chi connectivity index (χ2n) is 6.91. The Morgan fingerprint density at radius 3 is 2.70 bits per heavy atom. The number of hydrogen-bond donors (Lipinski definition) is 3. The van der Waals surface area contributed by atoms with Crippen molar-refractivity contribution < 1.29 is 19.5 Å². The summed E-state index contributed by atoms with van der Waals surface area (Å²) in [4.78, 5) is 38.7. The molecule has 2 N–H and O–H groups in total. The van der Waals surface area contributed by atoms with Gasteiger partial charge in [0.15, 0.2) is 0 Å². The first-order valence-corrected chi connectivity index (χ1v) is 10.7. The number of nitrogens with zero attached hydrogens (tertiary/aromatic N) is 1. The molecule has 0 aromatic heterocycles. The Hall–Kier alpha value is -1.67. The Morgan fingerprint density at radius 1 is 1.26 bits per heavy atom. The maximum absolute atomic E-state index is 13.0. The molecular weight excluding hydrogens is 384 g/mol. The topological polar surface area (TPSA) is 86.7 Å². The quantitative estimate of drug-likeness (QED) is 0.648. The molecular formula is C19H24N2O4S2. The summed E-state index contributed by atoms with van der Waals surface area (Å²) in [5.41, 5.74) is 0.998. The number of fused-ring (bicyclic) bond motifs is 1. The molecule has 2 aliphatic heterocycles. The molecule has 2 aliphatic rings. The van der Waals surface area contributed by atoms with Crippen LogP contribution in [-0.2, 0) is 20.8 Å². The number of hydrogen-bond acceptors (Lipinski definition) is 5. The molecule has 2 heterocycles. The van der Waals surface area contributed by atoms with Crippen LogP contribution in [0, 0.1) is 0 Å². The van der Waals surface area contributed by atoms with Crippen molar-refractivity contribution in [1.29, 1.82) is 0 Å². The normalized spacial score (nSPS) is 26.6. The molecule has 0 spiro atoms. The number of amides is 2. The number of rotatable bonds is 5. The number of benzene rings is 1. The monoisotopic (exact) mass is 408 g/mol. The molecule has 2 fully saturated rings. The summed E-state index contributed by atoms with van der Waals surface area (Å²) in [7, 11) is 0. The summed E-state index contributed by atoms with van der Waals surface area (Å²) in [5, 5.41) is 11.6. The maximum Gasteiger partial charge on any atom is 0.326 e. The van der Waals surface area contributed by atoms with Crippen LogP contribution in [0.15, 0.2) is 30.3 Å². The van der Waals surface area contributed by atoms with E-state index in [1.54, 1.807) is 11.8 Å². The smallest absolute Gasteiger partial charge is 0.326 e. The van der Waals surface area contributed by atoms with Crippen molar-refractivity contribution in [3.63, 3.8) is 0 Å². The lowest BCUT2D eigenvalue weighted by atomic mass is 10.00. The molecule has 2 amide bonds. The van der Waals surface area contributed by atoms with Crippen molar-refractivity contribution in [2.75, 3.05) is 5.75 Å². The summed E-state index contributed by atoms with van der Waals surface area (Å²) in [6.45, 7) is 0. The first-order chi connectivity index (χ1) is 13.0. The van der Waals surface area contributed by atoms with Crippen molar-refractivity contribution in [1.82, 2.24) is 10.2 Å². The lowest BCUT2D eigenvalue weighted by Gasteiger charge is -2.39. The molecule has 0 unspecified atom stereocenters. The average Bonchev–Trinajstić information content (AvgIpc) is 2.81. The molecule has 8 heteroatoms. The van der Waals surface area contributed by atoms with Gasteiger partial charge in [0.2, 0.25) is 11.8 Å². The Bertz CT molecular complexity index is 700.